The van der Waals surface area contributed by atoms with Crippen molar-refractivity contribution in [1.82, 2.24) is 9.88 Å². The highest BCUT2D eigenvalue weighted by Crippen LogP contribution is 2.43. The summed E-state index contributed by atoms with van der Waals surface area (Å²) in [6.45, 7) is 4.42. The molecule has 0 unspecified atom stereocenters. The quantitative estimate of drug-likeness (QED) is 0.800. The van der Waals surface area contributed by atoms with Gasteiger partial charge >= 0.3 is 0 Å². The molecule has 2 aromatic rings. The van der Waals surface area contributed by atoms with E-state index in [1.54, 1.807) is 7.11 Å². The second-order valence-electron chi connectivity index (χ2n) is 7.14. The van der Waals surface area contributed by atoms with Gasteiger partial charge in [-0.25, -0.2) is 4.98 Å². The third-order valence-electron chi connectivity index (χ3n) is 5.55. The van der Waals surface area contributed by atoms with E-state index in [0.717, 1.165) is 39.9 Å². The molecule has 1 aliphatic carbocycles. The maximum Gasteiger partial charge on any atom is 0.266 e. The van der Waals surface area contributed by atoms with Gasteiger partial charge in [0.25, 0.3) is 5.91 Å². The van der Waals surface area contributed by atoms with Gasteiger partial charge in [0.1, 0.15) is 23.0 Å². The molecule has 2 fully saturated rings. The van der Waals surface area contributed by atoms with Gasteiger partial charge in [0.05, 0.1) is 23.9 Å². The third-order valence-corrected chi connectivity index (χ3v) is 6.61. The summed E-state index contributed by atoms with van der Waals surface area (Å²) in [6, 6.07) is 8.10. The van der Waals surface area contributed by atoms with Gasteiger partial charge in [-0.3, -0.25) is 4.79 Å². The minimum atomic E-state index is 0.128. The summed E-state index contributed by atoms with van der Waals surface area (Å²) in [5, 5.41) is 0.946. The normalized spacial score (nSPS) is 24.1. The van der Waals surface area contributed by atoms with E-state index >= 15 is 0 Å². The van der Waals surface area contributed by atoms with Crippen molar-refractivity contribution in [2.75, 3.05) is 13.7 Å². The first-order valence-corrected chi connectivity index (χ1v) is 9.92. The minimum Gasteiger partial charge on any atom is -0.497 e. The fraction of sp³-hybridized carbons (Fsp3) is 0.500. The Labute approximate surface area is 157 Å². The van der Waals surface area contributed by atoms with Crippen LogP contribution in [0.15, 0.2) is 24.3 Å². The largest absolute Gasteiger partial charge is 0.497 e. The molecule has 1 aromatic carbocycles. The topological polar surface area (TPSA) is 51.7 Å². The van der Waals surface area contributed by atoms with Crippen LogP contribution in [0.1, 0.15) is 39.6 Å². The van der Waals surface area contributed by atoms with Gasteiger partial charge in [-0.2, -0.15) is 0 Å². The van der Waals surface area contributed by atoms with Crippen molar-refractivity contribution in [3.63, 3.8) is 0 Å². The summed E-state index contributed by atoms with van der Waals surface area (Å²) in [5.41, 5.74) is 0.843. The number of likely N-dealkylation sites (tertiary alicyclic amines) is 1. The van der Waals surface area contributed by atoms with Crippen LogP contribution < -0.4 is 9.47 Å². The van der Waals surface area contributed by atoms with Gasteiger partial charge in [-0.05, 0) is 63.3 Å². The molecule has 0 N–H and O–H groups in total. The SMILES string of the molecule is COc1ccc(OC[C@H]2[C@H]3CC[C@@H](C3)N2C(=O)c2sc(C)nc2C)cc1. The highest BCUT2D eigenvalue weighted by atomic mass is 32.1. The zero-order valence-corrected chi connectivity index (χ0v) is 16.2. The molecule has 2 heterocycles. The predicted octanol–water partition coefficient (Wildman–Crippen LogP) is 3.84. The standard InChI is InChI=1S/C20H24N2O3S/c1-12-19(26-13(2)21-12)20(23)22-15-5-4-14(10-15)18(22)11-25-17-8-6-16(24-3)7-9-17/h6-9,14-15,18H,4-5,10-11H2,1-3H3/t14-,15-,18-/m0/s1. The molecule has 0 spiro atoms. The number of fused-ring (bicyclic) bond motifs is 2. The molecule has 1 saturated heterocycles. The number of amides is 1. The summed E-state index contributed by atoms with van der Waals surface area (Å²) in [6.07, 6.45) is 3.39. The maximum absolute atomic E-state index is 13.2. The van der Waals surface area contributed by atoms with E-state index in [4.69, 9.17) is 9.47 Å². The van der Waals surface area contributed by atoms with Crippen LogP contribution in [-0.2, 0) is 0 Å². The molecule has 6 heteroatoms. The number of rotatable bonds is 5. The number of thiazole rings is 1. The first kappa shape index (κ1) is 17.3. The Morgan fingerprint density at radius 3 is 2.62 bits per heavy atom. The van der Waals surface area contributed by atoms with Crippen LogP contribution in [0.5, 0.6) is 11.5 Å². The summed E-state index contributed by atoms with van der Waals surface area (Å²) < 4.78 is 11.2. The van der Waals surface area contributed by atoms with Crippen molar-refractivity contribution < 1.29 is 14.3 Å². The second-order valence-corrected chi connectivity index (χ2v) is 8.34. The number of benzene rings is 1. The predicted molar refractivity (Wildman–Crippen MR) is 101 cm³/mol. The van der Waals surface area contributed by atoms with Crippen LogP contribution >= 0.6 is 11.3 Å². The molecule has 2 aliphatic rings. The first-order chi connectivity index (χ1) is 12.6. The number of hydrogen-bond acceptors (Lipinski definition) is 5. The van der Waals surface area contributed by atoms with E-state index in [1.807, 2.05) is 38.1 Å². The first-order valence-electron chi connectivity index (χ1n) is 9.10. The number of piperidine rings is 1. The van der Waals surface area contributed by atoms with E-state index < -0.39 is 0 Å². The van der Waals surface area contributed by atoms with Gasteiger partial charge in [-0.15, -0.1) is 11.3 Å². The molecular weight excluding hydrogens is 348 g/mol. The lowest BCUT2D eigenvalue weighted by Gasteiger charge is -2.35. The van der Waals surface area contributed by atoms with E-state index in [9.17, 15) is 4.79 Å². The number of aromatic nitrogens is 1. The maximum atomic E-state index is 13.2. The Balaban J connectivity index is 1.50. The van der Waals surface area contributed by atoms with Crippen LogP contribution in [0, 0.1) is 19.8 Å². The molecule has 1 amide bonds. The highest BCUT2D eigenvalue weighted by Gasteiger charge is 2.49. The van der Waals surface area contributed by atoms with Crippen LogP contribution in [0.25, 0.3) is 0 Å². The third kappa shape index (κ3) is 3.07. The molecule has 5 nitrogen and oxygen atoms in total. The van der Waals surface area contributed by atoms with E-state index in [2.05, 4.69) is 9.88 Å². The Morgan fingerprint density at radius 2 is 1.96 bits per heavy atom. The Morgan fingerprint density at radius 1 is 1.23 bits per heavy atom. The fourth-order valence-electron chi connectivity index (χ4n) is 4.33. The summed E-state index contributed by atoms with van der Waals surface area (Å²) >= 11 is 1.50. The number of aryl methyl sites for hydroxylation is 2. The van der Waals surface area contributed by atoms with Crippen LogP contribution in [0.3, 0.4) is 0 Å². The molecule has 0 radical (unpaired) electrons. The molecule has 138 valence electrons. The lowest BCUT2D eigenvalue weighted by molar-refractivity contribution is 0.0509. The fourth-order valence-corrected chi connectivity index (χ4v) is 5.19. The van der Waals surface area contributed by atoms with Crippen LogP contribution in [0.4, 0.5) is 0 Å². The number of carbonyl (C=O) groups excluding carboxylic acids is 1. The van der Waals surface area contributed by atoms with Crippen molar-refractivity contribution in [2.24, 2.45) is 5.92 Å². The van der Waals surface area contributed by atoms with Gasteiger partial charge < -0.3 is 14.4 Å². The number of methoxy groups -OCH3 is 1. The smallest absolute Gasteiger partial charge is 0.266 e. The molecular formula is C20H24N2O3S. The van der Waals surface area contributed by atoms with Gasteiger partial charge in [0.2, 0.25) is 0 Å². The van der Waals surface area contributed by atoms with Crippen molar-refractivity contribution in [2.45, 2.75) is 45.2 Å². The van der Waals surface area contributed by atoms with Crippen LogP contribution in [0.2, 0.25) is 0 Å². The van der Waals surface area contributed by atoms with Crippen molar-refractivity contribution in [3.05, 3.63) is 39.8 Å². The van der Waals surface area contributed by atoms with Crippen molar-refractivity contribution in [1.29, 1.82) is 0 Å². The molecule has 2 bridgehead atoms. The van der Waals surface area contributed by atoms with Crippen molar-refractivity contribution >= 4 is 17.2 Å². The number of ether oxygens (including phenoxy) is 2. The minimum absolute atomic E-state index is 0.128. The summed E-state index contributed by atoms with van der Waals surface area (Å²) in [5.74, 6) is 2.29. The average molecular weight is 372 g/mol. The summed E-state index contributed by atoms with van der Waals surface area (Å²) in [7, 11) is 1.65. The number of hydrogen-bond donors (Lipinski definition) is 0. The monoisotopic (exact) mass is 372 g/mol. The van der Waals surface area contributed by atoms with E-state index in [-0.39, 0.29) is 11.9 Å². The molecule has 26 heavy (non-hydrogen) atoms. The Hall–Kier alpha value is -2.08. The van der Waals surface area contributed by atoms with Gasteiger partial charge in [0.15, 0.2) is 0 Å². The Kier molecular flexibility index (Phi) is 4.61. The Bertz CT molecular complexity index is 802. The lowest BCUT2D eigenvalue weighted by atomic mass is 9.99. The zero-order chi connectivity index (χ0) is 18.3. The zero-order valence-electron chi connectivity index (χ0n) is 15.4. The number of carbonyl (C=O) groups is 1. The average Bonchev–Trinajstić information content (AvgIpc) is 3.34. The van der Waals surface area contributed by atoms with Crippen LogP contribution in [-0.4, -0.2) is 41.6 Å². The van der Waals surface area contributed by atoms with Crippen molar-refractivity contribution in [3.8, 4) is 11.5 Å². The van der Waals surface area contributed by atoms with Gasteiger partial charge in [0, 0.05) is 6.04 Å². The molecule has 1 aliphatic heterocycles. The lowest BCUT2D eigenvalue weighted by Crippen LogP contribution is -2.47. The molecule has 1 saturated carbocycles. The molecule has 4 rings (SSSR count). The number of nitrogens with zero attached hydrogens (tertiary/aromatic N) is 2. The van der Waals surface area contributed by atoms with E-state index in [1.165, 1.54) is 17.8 Å². The van der Waals surface area contributed by atoms with Gasteiger partial charge in [-0.1, -0.05) is 0 Å². The van der Waals surface area contributed by atoms with E-state index in [0.29, 0.717) is 18.6 Å². The highest BCUT2D eigenvalue weighted by molar-refractivity contribution is 7.13. The molecule has 3 atom stereocenters. The molecule has 1 aromatic heterocycles. The second kappa shape index (κ2) is 6.91. The summed E-state index contributed by atoms with van der Waals surface area (Å²) in [4.78, 5) is 20.5.